The van der Waals surface area contributed by atoms with E-state index in [0.717, 1.165) is 61.4 Å². The van der Waals surface area contributed by atoms with Gasteiger partial charge in [0, 0.05) is 79.8 Å². The molecule has 7 nitrogen and oxygen atoms in total. The van der Waals surface area contributed by atoms with Gasteiger partial charge < -0.3 is 9.13 Å². The molecule has 5 heterocycles. The van der Waals surface area contributed by atoms with Crippen LogP contribution in [0.4, 0.5) is 0 Å². The first-order chi connectivity index (χ1) is 30.8. The Balaban J connectivity index is 1.16. The molecule has 7 aromatic carbocycles. The minimum absolute atomic E-state index is 0.567. The number of hydrogen-bond donors (Lipinski definition) is 0. The van der Waals surface area contributed by atoms with Crippen LogP contribution in [0.3, 0.4) is 0 Å². The third-order valence-electron chi connectivity index (χ3n) is 11.8. The van der Waals surface area contributed by atoms with E-state index in [4.69, 9.17) is 15.0 Å². The van der Waals surface area contributed by atoms with Crippen LogP contribution in [0.1, 0.15) is 0 Å². The number of rotatable bonds is 7. The third kappa shape index (κ3) is 5.86. The average Bonchev–Trinajstić information content (AvgIpc) is 3.87. The van der Waals surface area contributed by atoms with Gasteiger partial charge in [-0.1, -0.05) is 115 Å². The smallest absolute Gasteiger partial charge is 0.164 e. The van der Waals surface area contributed by atoms with Gasteiger partial charge in [0.1, 0.15) is 0 Å². The van der Waals surface area contributed by atoms with Gasteiger partial charge in [-0.05, 0) is 83.9 Å². The first-order valence-corrected chi connectivity index (χ1v) is 20.7. The molecule has 0 N–H and O–H groups in total. The normalized spacial score (nSPS) is 11.5. The van der Waals surface area contributed by atoms with Gasteiger partial charge in [-0.2, -0.15) is 0 Å². The maximum Gasteiger partial charge on any atom is 0.164 e. The lowest BCUT2D eigenvalue weighted by molar-refractivity contribution is 1.07. The zero-order valence-corrected chi connectivity index (χ0v) is 33.3. The monoisotopic (exact) mass is 793 g/mol. The molecule has 0 fully saturated rings. The fourth-order valence-corrected chi connectivity index (χ4v) is 8.99. The highest BCUT2D eigenvalue weighted by atomic mass is 15.0. The van der Waals surface area contributed by atoms with E-state index in [1.807, 2.05) is 24.3 Å². The molecule has 290 valence electrons. The molecule has 0 unspecified atom stereocenters. The molecule has 7 heteroatoms. The summed E-state index contributed by atoms with van der Waals surface area (Å²) in [5.41, 5.74) is 13.6. The largest absolute Gasteiger partial charge is 0.309 e. The molecule has 12 aromatic rings. The summed E-state index contributed by atoms with van der Waals surface area (Å²) in [5, 5.41) is 4.83. The zero-order valence-electron chi connectivity index (χ0n) is 33.3. The summed E-state index contributed by atoms with van der Waals surface area (Å²) in [6.45, 7) is 0. The quantitative estimate of drug-likeness (QED) is 0.161. The predicted molar refractivity (Wildman–Crippen MR) is 251 cm³/mol. The van der Waals surface area contributed by atoms with Gasteiger partial charge in [-0.15, -0.1) is 0 Å². The van der Waals surface area contributed by atoms with Crippen LogP contribution in [0.15, 0.2) is 213 Å². The fraction of sp³-hybridized carbons (Fsp3) is 0. The van der Waals surface area contributed by atoms with Crippen LogP contribution in [-0.2, 0) is 0 Å². The lowest BCUT2D eigenvalue weighted by Crippen LogP contribution is -2.04. The topological polar surface area (TPSA) is 74.3 Å². The van der Waals surface area contributed by atoms with E-state index < -0.39 is 0 Å². The van der Waals surface area contributed by atoms with Crippen molar-refractivity contribution in [1.29, 1.82) is 0 Å². The van der Waals surface area contributed by atoms with Crippen molar-refractivity contribution < 1.29 is 0 Å². The summed E-state index contributed by atoms with van der Waals surface area (Å²) < 4.78 is 4.85. The molecular formula is C55H35N7. The van der Waals surface area contributed by atoms with Crippen molar-refractivity contribution in [3.63, 3.8) is 0 Å². The zero-order chi connectivity index (χ0) is 41.0. The molecule has 12 rings (SSSR count). The second-order valence-corrected chi connectivity index (χ2v) is 15.4. The number of aromatic nitrogens is 7. The highest BCUT2D eigenvalue weighted by molar-refractivity contribution is 6.13. The van der Waals surface area contributed by atoms with E-state index in [2.05, 4.69) is 183 Å². The molecule has 0 bridgehead atoms. The van der Waals surface area contributed by atoms with E-state index in [0.29, 0.717) is 17.5 Å². The number of para-hydroxylation sites is 3. The van der Waals surface area contributed by atoms with Crippen LogP contribution in [0, 0.1) is 0 Å². The van der Waals surface area contributed by atoms with Crippen molar-refractivity contribution in [2.45, 2.75) is 0 Å². The molecule has 0 spiro atoms. The number of nitrogens with zero attached hydrogens (tertiary/aromatic N) is 7. The SMILES string of the molecule is c1ccc(-c2cc(-c3nc(-c4ccncc4)nc(-c4ccncc4)n3)cc(-c3ccccc3)c2-n2c3ccccc3c3cc(-n4c5ccccc5c5ccccc54)ccc32)cc1. The molecule has 0 aliphatic rings. The van der Waals surface area contributed by atoms with E-state index in [1.165, 1.54) is 32.6 Å². The highest BCUT2D eigenvalue weighted by Crippen LogP contribution is 2.44. The Morgan fingerprint density at radius 2 is 0.694 bits per heavy atom. The Kier molecular flexibility index (Phi) is 8.35. The molecule has 5 aromatic heterocycles. The van der Waals surface area contributed by atoms with Gasteiger partial charge in [-0.3, -0.25) is 9.97 Å². The van der Waals surface area contributed by atoms with E-state index in [1.54, 1.807) is 24.8 Å². The second kappa shape index (κ2) is 14.6. The van der Waals surface area contributed by atoms with Gasteiger partial charge in [0.25, 0.3) is 0 Å². The minimum Gasteiger partial charge on any atom is -0.309 e. The maximum absolute atomic E-state index is 5.16. The molecule has 0 aliphatic carbocycles. The number of hydrogen-bond acceptors (Lipinski definition) is 5. The summed E-state index contributed by atoms with van der Waals surface area (Å²) in [6.07, 6.45) is 7.05. The van der Waals surface area contributed by atoms with Crippen molar-refractivity contribution in [3.05, 3.63) is 213 Å². The number of fused-ring (bicyclic) bond motifs is 6. The fourth-order valence-electron chi connectivity index (χ4n) is 8.99. The molecule has 0 atom stereocenters. The third-order valence-corrected chi connectivity index (χ3v) is 11.8. The van der Waals surface area contributed by atoms with Crippen LogP contribution >= 0.6 is 0 Å². The van der Waals surface area contributed by atoms with E-state index in [9.17, 15) is 0 Å². The van der Waals surface area contributed by atoms with Gasteiger partial charge in [-0.25, -0.2) is 15.0 Å². The molecular weight excluding hydrogens is 759 g/mol. The summed E-state index contributed by atoms with van der Waals surface area (Å²) in [6, 6.07) is 66.5. The Morgan fingerprint density at radius 3 is 1.19 bits per heavy atom. The standard InChI is InChI=1S/C55H35N7/c1-3-13-36(14-4-1)45-33-40(55-59-53(38-25-29-56-30-26-38)58-54(60-55)39-27-31-57-32-28-39)34-46(37-15-5-2-6-16-37)52(45)62-50-22-12-9-19-44(50)47-35-41(23-24-51(47)62)61-48-20-10-7-17-42(48)43-18-8-11-21-49(43)61/h1-35H. The highest BCUT2D eigenvalue weighted by Gasteiger charge is 2.24. The lowest BCUT2D eigenvalue weighted by atomic mass is 9.92. The summed E-state index contributed by atoms with van der Waals surface area (Å²) in [4.78, 5) is 23.8. The van der Waals surface area contributed by atoms with Gasteiger partial charge in [0.2, 0.25) is 0 Å². The van der Waals surface area contributed by atoms with Crippen LogP contribution in [-0.4, -0.2) is 34.1 Å². The van der Waals surface area contributed by atoms with Crippen molar-refractivity contribution in [2.24, 2.45) is 0 Å². The van der Waals surface area contributed by atoms with Crippen molar-refractivity contribution >= 4 is 43.6 Å². The Hall–Kier alpha value is -8.55. The van der Waals surface area contributed by atoms with Crippen LogP contribution in [0.2, 0.25) is 0 Å². The van der Waals surface area contributed by atoms with Crippen molar-refractivity contribution in [3.8, 4) is 67.8 Å². The van der Waals surface area contributed by atoms with E-state index in [-0.39, 0.29) is 0 Å². The molecule has 62 heavy (non-hydrogen) atoms. The Bertz CT molecular complexity index is 3450. The van der Waals surface area contributed by atoms with Crippen molar-refractivity contribution in [2.75, 3.05) is 0 Å². The van der Waals surface area contributed by atoms with Gasteiger partial charge in [0.05, 0.1) is 27.8 Å². The predicted octanol–water partition coefficient (Wildman–Crippen LogP) is 13.2. The second-order valence-electron chi connectivity index (χ2n) is 15.4. The van der Waals surface area contributed by atoms with Crippen LogP contribution < -0.4 is 0 Å². The Labute approximate surface area is 356 Å². The van der Waals surface area contributed by atoms with Gasteiger partial charge in [0.15, 0.2) is 17.5 Å². The Morgan fingerprint density at radius 1 is 0.290 bits per heavy atom. The lowest BCUT2D eigenvalue weighted by Gasteiger charge is -2.21. The first kappa shape index (κ1) is 35.4. The molecule has 0 saturated carbocycles. The molecule has 0 amide bonds. The molecule has 0 aliphatic heterocycles. The first-order valence-electron chi connectivity index (χ1n) is 20.7. The summed E-state index contributed by atoms with van der Waals surface area (Å²) in [7, 11) is 0. The summed E-state index contributed by atoms with van der Waals surface area (Å²) in [5.74, 6) is 1.70. The van der Waals surface area contributed by atoms with Crippen LogP contribution in [0.5, 0.6) is 0 Å². The number of pyridine rings is 2. The van der Waals surface area contributed by atoms with E-state index >= 15 is 0 Å². The molecule has 0 saturated heterocycles. The summed E-state index contributed by atoms with van der Waals surface area (Å²) >= 11 is 0. The number of benzene rings is 7. The van der Waals surface area contributed by atoms with Crippen LogP contribution in [0.25, 0.3) is 111 Å². The van der Waals surface area contributed by atoms with Gasteiger partial charge >= 0.3 is 0 Å². The van der Waals surface area contributed by atoms with Crippen molar-refractivity contribution in [1.82, 2.24) is 34.1 Å². The average molecular weight is 794 g/mol. The minimum atomic E-state index is 0.567. The maximum atomic E-state index is 5.16. The molecule has 0 radical (unpaired) electrons.